The molecular formula is C21H33N3O4S. The SMILES string of the molecule is CC1CCCCN1S(=O)(=O)c1ccc(C(=O)NCCCCN2CCOCC2)cc1. The summed E-state index contributed by atoms with van der Waals surface area (Å²) in [7, 11) is -3.50. The van der Waals surface area contributed by atoms with E-state index in [0.717, 1.165) is 65.0 Å². The number of nitrogens with one attached hydrogen (secondary N) is 1. The predicted octanol–water partition coefficient (Wildman–Crippen LogP) is 2.09. The van der Waals surface area contributed by atoms with Crippen LogP contribution in [0.2, 0.25) is 0 Å². The van der Waals surface area contributed by atoms with E-state index in [1.165, 1.54) is 0 Å². The fourth-order valence-electron chi connectivity index (χ4n) is 3.93. The summed E-state index contributed by atoms with van der Waals surface area (Å²) in [4.78, 5) is 15.0. The Morgan fingerprint density at radius 1 is 1.10 bits per heavy atom. The second-order valence-corrected chi connectivity index (χ2v) is 9.79. The lowest BCUT2D eigenvalue weighted by Crippen LogP contribution is -2.41. The van der Waals surface area contributed by atoms with Crippen molar-refractivity contribution in [3.63, 3.8) is 0 Å². The molecular weight excluding hydrogens is 390 g/mol. The van der Waals surface area contributed by atoms with Crippen molar-refractivity contribution in [1.82, 2.24) is 14.5 Å². The average Bonchev–Trinajstić information content (AvgIpc) is 2.74. The minimum atomic E-state index is -3.50. The van der Waals surface area contributed by atoms with Gasteiger partial charge >= 0.3 is 0 Å². The van der Waals surface area contributed by atoms with E-state index in [1.54, 1.807) is 28.6 Å². The van der Waals surface area contributed by atoms with Crippen LogP contribution in [0, 0.1) is 0 Å². The van der Waals surface area contributed by atoms with Gasteiger partial charge in [-0.25, -0.2) is 8.42 Å². The van der Waals surface area contributed by atoms with Crippen molar-refractivity contribution in [2.24, 2.45) is 0 Å². The summed E-state index contributed by atoms with van der Waals surface area (Å²) in [5.74, 6) is -0.160. The van der Waals surface area contributed by atoms with Gasteiger partial charge in [-0.15, -0.1) is 0 Å². The zero-order valence-electron chi connectivity index (χ0n) is 17.3. The van der Waals surface area contributed by atoms with Gasteiger partial charge in [-0.1, -0.05) is 6.42 Å². The third-order valence-corrected chi connectivity index (χ3v) is 7.78. The van der Waals surface area contributed by atoms with Gasteiger partial charge in [0.2, 0.25) is 10.0 Å². The average molecular weight is 424 g/mol. The molecule has 0 aliphatic carbocycles. The number of carbonyl (C=O) groups excluding carboxylic acids is 1. The molecule has 3 rings (SSSR count). The smallest absolute Gasteiger partial charge is 0.251 e. The normalized spacial score (nSPS) is 21.8. The van der Waals surface area contributed by atoms with Crippen LogP contribution in [0.4, 0.5) is 0 Å². The van der Waals surface area contributed by atoms with Gasteiger partial charge < -0.3 is 10.1 Å². The first-order valence-corrected chi connectivity index (χ1v) is 12.1. The summed E-state index contributed by atoms with van der Waals surface area (Å²) in [6.45, 7) is 7.75. The van der Waals surface area contributed by atoms with Crippen molar-refractivity contribution in [2.45, 2.75) is 50.0 Å². The molecule has 0 radical (unpaired) electrons. The van der Waals surface area contributed by atoms with E-state index in [4.69, 9.17) is 4.74 Å². The van der Waals surface area contributed by atoms with Crippen LogP contribution in [0.25, 0.3) is 0 Å². The number of rotatable bonds is 8. The monoisotopic (exact) mass is 423 g/mol. The molecule has 1 atom stereocenters. The van der Waals surface area contributed by atoms with E-state index in [0.29, 0.717) is 18.7 Å². The van der Waals surface area contributed by atoms with Crippen LogP contribution in [-0.4, -0.2) is 75.5 Å². The predicted molar refractivity (Wildman–Crippen MR) is 112 cm³/mol. The Hall–Kier alpha value is -1.48. The third-order valence-electron chi connectivity index (χ3n) is 5.76. The highest BCUT2D eigenvalue weighted by atomic mass is 32.2. The van der Waals surface area contributed by atoms with Crippen LogP contribution >= 0.6 is 0 Å². The molecule has 1 aromatic rings. The summed E-state index contributed by atoms with van der Waals surface area (Å²) in [6, 6.07) is 6.32. The lowest BCUT2D eigenvalue weighted by Gasteiger charge is -2.32. The summed E-state index contributed by atoms with van der Waals surface area (Å²) in [6.07, 6.45) is 4.81. The highest BCUT2D eigenvalue weighted by Gasteiger charge is 2.30. The Kier molecular flexibility index (Phi) is 8.06. The van der Waals surface area contributed by atoms with Gasteiger partial charge in [0, 0.05) is 37.8 Å². The Morgan fingerprint density at radius 3 is 2.52 bits per heavy atom. The molecule has 0 aromatic heterocycles. The molecule has 1 amide bonds. The molecule has 2 heterocycles. The van der Waals surface area contributed by atoms with Crippen molar-refractivity contribution in [2.75, 3.05) is 45.9 Å². The van der Waals surface area contributed by atoms with E-state index in [2.05, 4.69) is 10.2 Å². The maximum Gasteiger partial charge on any atom is 0.251 e. The quantitative estimate of drug-likeness (QED) is 0.648. The van der Waals surface area contributed by atoms with E-state index in [-0.39, 0.29) is 16.8 Å². The van der Waals surface area contributed by atoms with Gasteiger partial charge in [-0.3, -0.25) is 9.69 Å². The molecule has 29 heavy (non-hydrogen) atoms. The Labute approximate surface area is 174 Å². The molecule has 2 aliphatic heterocycles. The largest absolute Gasteiger partial charge is 0.379 e. The Balaban J connectivity index is 1.45. The molecule has 2 fully saturated rings. The van der Waals surface area contributed by atoms with Gasteiger partial charge in [-0.2, -0.15) is 4.31 Å². The number of piperidine rings is 1. The Bertz CT molecular complexity index is 761. The topological polar surface area (TPSA) is 79.0 Å². The minimum Gasteiger partial charge on any atom is -0.379 e. The van der Waals surface area contributed by atoms with E-state index >= 15 is 0 Å². The standard InChI is InChI=1S/C21H33N3O4S/c1-18-6-2-4-13-24(18)29(26,27)20-9-7-19(8-10-20)21(25)22-11-3-5-12-23-14-16-28-17-15-23/h7-10,18H,2-6,11-17H2,1H3,(H,22,25). The number of ether oxygens (including phenoxy) is 1. The first kappa shape index (κ1) is 22.2. The maximum atomic E-state index is 12.9. The van der Waals surface area contributed by atoms with Crippen LogP contribution in [0.1, 0.15) is 49.4 Å². The number of sulfonamides is 1. The van der Waals surface area contributed by atoms with Crippen molar-refractivity contribution in [3.05, 3.63) is 29.8 Å². The molecule has 0 bridgehead atoms. The van der Waals surface area contributed by atoms with E-state index in [9.17, 15) is 13.2 Å². The number of amides is 1. The highest BCUT2D eigenvalue weighted by molar-refractivity contribution is 7.89. The third kappa shape index (κ3) is 6.01. The van der Waals surface area contributed by atoms with Gasteiger partial charge in [0.1, 0.15) is 0 Å². The summed E-state index contributed by atoms with van der Waals surface area (Å²) in [5, 5.41) is 2.92. The van der Waals surface area contributed by atoms with Crippen LogP contribution in [0.3, 0.4) is 0 Å². The second-order valence-electron chi connectivity index (χ2n) is 7.90. The van der Waals surface area contributed by atoms with Crippen molar-refractivity contribution in [3.8, 4) is 0 Å². The Morgan fingerprint density at radius 2 is 1.83 bits per heavy atom. The summed E-state index contributed by atoms with van der Waals surface area (Å²) < 4.78 is 32.7. The molecule has 1 N–H and O–H groups in total. The van der Waals surface area contributed by atoms with Crippen LogP contribution < -0.4 is 5.32 Å². The van der Waals surface area contributed by atoms with E-state index < -0.39 is 10.0 Å². The number of hydrogen-bond donors (Lipinski definition) is 1. The maximum absolute atomic E-state index is 12.9. The molecule has 1 unspecified atom stereocenters. The van der Waals surface area contributed by atoms with Gasteiger partial charge in [-0.05, 0) is 63.4 Å². The van der Waals surface area contributed by atoms with E-state index in [1.807, 2.05) is 6.92 Å². The van der Waals surface area contributed by atoms with Gasteiger partial charge in [0.15, 0.2) is 0 Å². The molecule has 7 nitrogen and oxygen atoms in total. The number of nitrogens with zero attached hydrogens (tertiary/aromatic N) is 2. The molecule has 2 aliphatic rings. The minimum absolute atomic E-state index is 0.0224. The number of unbranched alkanes of at least 4 members (excludes halogenated alkanes) is 1. The molecule has 8 heteroatoms. The van der Waals surface area contributed by atoms with Crippen LogP contribution in [-0.2, 0) is 14.8 Å². The second kappa shape index (κ2) is 10.5. The zero-order chi connectivity index (χ0) is 20.7. The van der Waals surface area contributed by atoms with Crippen molar-refractivity contribution < 1.29 is 17.9 Å². The number of morpholine rings is 1. The number of carbonyl (C=O) groups is 1. The van der Waals surface area contributed by atoms with Crippen molar-refractivity contribution >= 4 is 15.9 Å². The van der Waals surface area contributed by atoms with Crippen molar-refractivity contribution in [1.29, 1.82) is 0 Å². The lowest BCUT2D eigenvalue weighted by atomic mass is 10.1. The van der Waals surface area contributed by atoms with Crippen LogP contribution in [0.5, 0.6) is 0 Å². The fourth-order valence-corrected chi connectivity index (χ4v) is 5.63. The molecule has 2 saturated heterocycles. The summed E-state index contributed by atoms with van der Waals surface area (Å²) in [5.41, 5.74) is 0.490. The molecule has 0 saturated carbocycles. The number of benzene rings is 1. The van der Waals surface area contributed by atoms with Crippen LogP contribution in [0.15, 0.2) is 29.2 Å². The summed E-state index contributed by atoms with van der Waals surface area (Å²) >= 11 is 0. The van der Waals surface area contributed by atoms with Gasteiger partial charge in [0.05, 0.1) is 18.1 Å². The molecule has 1 aromatic carbocycles. The first-order chi connectivity index (χ1) is 14.0. The van der Waals surface area contributed by atoms with Gasteiger partial charge in [0.25, 0.3) is 5.91 Å². The molecule has 162 valence electrons. The highest BCUT2D eigenvalue weighted by Crippen LogP contribution is 2.25. The first-order valence-electron chi connectivity index (χ1n) is 10.7. The number of hydrogen-bond acceptors (Lipinski definition) is 5. The zero-order valence-corrected chi connectivity index (χ0v) is 18.1. The fraction of sp³-hybridized carbons (Fsp3) is 0.667. The molecule has 0 spiro atoms. The lowest BCUT2D eigenvalue weighted by molar-refractivity contribution is 0.0372.